The monoisotopic (exact) mass is 435 g/mol. The molecule has 1 heteroatoms. The van der Waals surface area contributed by atoms with Gasteiger partial charge in [0, 0.05) is 25.8 Å². The topological polar surface area (TPSA) is 0 Å². The Kier molecular flexibility index (Phi) is 3.86. The fourth-order valence-electron chi connectivity index (χ4n) is 3.08. The molecule has 21 heavy (non-hydrogen) atoms. The summed E-state index contributed by atoms with van der Waals surface area (Å²) in [4.78, 5) is 0. The number of hydrogen-bond acceptors (Lipinski definition) is 0. The van der Waals surface area contributed by atoms with Crippen LogP contribution in [0.3, 0.4) is 0 Å². The van der Waals surface area contributed by atoms with Gasteiger partial charge in [-0.1, -0.05) is 61.0 Å². The third kappa shape index (κ3) is 2.40. The van der Waals surface area contributed by atoms with E-state index in [9.17, 15) is 0 Å². The summed E-state index contributed by atoms with van der Waals surface area (Å²) in [7, 11) is 0. The second-order valence-corrected chi connectivity index (χ2v) is 5.37. The van der Waals surface area contributed by atoms with E-state index in [0.29, 0.717) is 0 Å². The summed E-state index contributed by atoms with van der Waals surface area (Å²) >= 11 is 0. The molecule has 0 amide bonds. The van der Waals surface area contributed by atoms with Gasteiger partial charge in [0.1, 0.15) is 0 Å². The number of aryl methyl sites for hydroxylation is 1. The molecule has 0 unspecified atom stereocenters. The van der Waals surface area contributed by atoms with Gasteiger partial charge in [-0.05, 0) is 16.3 Å². The molecule has 0 fully saturated rings. The minimum Gasteiger partial charge on any atom is -0.165 e. The molecular formula is C20H15Hf-. The van der Waals surface area contributed by atoms with Crippen molar-refractivity contribution in [2.24, 2.45) is 0 Å². The van der Waals surface area contributed by atoms with Crippen molar-refractivity contribution in [3.63, 3.8) is 0 Å². The molecule has 0 saturated heterocycles. The summed E-state index contributed by atoms with van der Waals surface area (Å²) in [6, 6.07) is 26.2. The molecule has 4 aromatic carbocycles. The molecule has 0 atom stereocenters. The standard InChI is InChI=1S/C20H15.Hf/c1-14-12-16-8-5-11-19(20(16)13-14)18-10-4-7-15-6-2-3-9-17(15)18;/h2-13H,1H3;/q-1;. The van der Waals surface area contributed by atoms with E-state index >= 15 is 0 Å². The van der Waals surface area contributed by atoms with Crippen LogP contribution in [0.15, 0.2) is 72.8 Å². The second-order valence-electron chi connectivity index (χ2n) is 5.37. The Morgan fingerprint density at radius 3 is 2.24 bits per heavy atom. The smallest absolute Gasteiger partial charge is 0 e. The van der Waals surface area contributed by atoms with Crippen molar-refractivity contribution in [2.45, 2.75) is 6.92 Å². The van der Waals surface area contributed by atoms with Crippen LogP contribution >= 0.6 is 0 Å². The van der Waals surface area contributed by atoms with Crippen LogP contribution in [-0.2, 0) is 25.8 Å². The van der Waals surface area contributed by atoms with E-state index in [1.165, 1.54) is 38.2 Å². The molecule has 0 aliphatic carbocycles. The molecular weight excluding hydrogens is 419 g/mol. The van der Waals surface area contributed by atoms with Crippen LogP contribution in [0.25, 0.3) is 32.7 Å². The van der Waals surface area contributed by atoms with Crippen LogP contribution in [-0.4, -0.2) is 0 Å². The van der Waals surface area contributed by atoms with Crippen molar-refractivity contribution in [1.29, 1.82) is 0 Å². The summed E-state index contributed by atoms with van der Waals surface area (Å²) in [6.45, 7) is 2.16. The molecule has 0 aliphatic heterocycles. The number of hydrogen-bond donors (Lipinski definition) is 0. The number of fused-ring (bicyclic) bond motifs is 2. The van der Waals surface area contributed by atoms with Gasteiger partial charge in [0.2, 0.25) is 0 Å². The SMILES string of the molecule is Cc1cc2c(-c3cccc4ccccc34)cccc2[cH-]1.[Hf]. The minimum absolute atomic E-state index is 0. The maximum atomic E-state index is 2.28. The minimum atomic E-state index is 0. The molecule has 0 nitrogen and oxygen atoms in total. The van der Waals surface area contributed by atoms with Crippen molar-refractivity contribution in [2.75, 3.05) is 0 Å². The number of rotatable bonds is 1. The Morgan fingerprint density at radius 2 is 1.38 bits per heavy atom. The summed E-state index contributed by atoms with van der Waals surface area (Å²) in [5.41, 5.74) is 3.97. The molecule has 0 aliphatic rings. The Hall–Kier alpha value is -1.60. The Balaban J connectivity index is 0.00000132. The normalized spacial score (nSPS) is 10.7. The Labute approximate surface area is 143 Å². The fraction of sp³-hybridized carbons (Fsp3) is 0.0500. The summed E-state index contributed by atoms with van der Waals surface area (Å²) < 4.78 is 0. The van der Waals surface area contributed by atoms with Crippen LogP contribution in [0.2, 0.25) is 0 Å². The molecule has 0 N–H and O–H groups in total. The van der Waals surface area contributed by atoms with E-state index in [1.807, 2.05) is 0 Å². The first-order valence-electron chi connectivity index (χ1n) is 6.97. The zero-order valence-corrected chi connectivity index (χ0v) is 15.5. The first-order valence-corrected chi connectivity index (χ1v) is 6.97. The van der Waals surface area contributed by atoms with E-state index in [0.717, 1.165) is 0 Å². The van der Waals surface area contributed by atoms with Crippen molar-refractivity contribution in [3.05, 3.63) is 78.4 Å². The van der Waals surface area contributed by atoms with Gasteiger partial charge in [-0.3, -0.25) is 0 Å². The summed E-state index contributed by atoms with van der Waals surface area (Å²) in [5.74, 6) is 0. The molecule has 0 aromatic heterocycles. The second kappa shape index (κ2) is 5.65. The van der Waals surface area contributed by atoms with Crippen molar-refractivity contribution < 1.29 is 25.8 Å². The first kappa shape index (κ1) is 14.3. The zero-order chi connectivity index (χ0) is 13.5. The Bertz CT molecular complexity index is 910. The predicted molar refractivity (Wildman–Crippen MR) is 87.2 cm³/mol. The largest absolute Gasteiger partial charge is 0.165 e. The first-order chi connectivity index (χ1) is 9.83. The summed E-state index contributed by atoms with van der Waals surface area (Å²) in [5, 5.41) is 5.29. The van der Waals surface area contributed by atoms with Gasteiger partial charge in [-0.2, -0.15) is 6.07 Å². The average molecular weight is 434 g/mol. The molecule has 0 bridgehead atoms. The molecule has 0 radical (unpaired) electrons. The molecule has 100 valence electrons. The molecule has 0 spiro atoms. The van der Waals surface area contributed by atoms with E-state index < -0.39 is 0 Å². The van der Waals surface area contributed by atoms with Gasteiger partial charge in [-0.25, -0.2) is 0 Å². The third-order valence-electron chi connectivity index (χ3n) is 3.97. The van der Waals surface area contributed by atoms with Crippen LogP contribution in [0.1, 0.15) is 5.56 Å². The predicted octanol–water partition coefficient (Wildman–Crippen LogP) is 5.68. The Morgan fingerprint density at radius 1 is 0.714 bits per heavy atom. The van der Waals surface area contributed by atoms with Crippen LogP contribution in [0, 0.1) is 6.92 Å². The number of benzene rings is 3. The average Bonchev–Trinajstić information content (AvgIpc) is 2.87. The molecule has 4 aromatic rings. The summed E-state index contributed by atoms with van der Waals surface area (Å²) in [6.07, 6.45) is 0. The maximum Gasteiger partial charge on any atom is 0 e. The van der Waals surface area contributed by atoms with E-state index in [-0.39, 0.29) is 25.8 Å². The van der Waals surface area contributed by atoms with Crippen molar-refractivity contribution in [1.82, 2.24) is 0 Å². The van der Waals surface area contributed by atoms with Crippen molar-refractivity contribution >= 4 is 21.5 Å². The van der Waals surface area contributed by atoms with Gasteiger partial charge in [0.05, 0.1) is 0 Å². The van der Waals surface area contributed by atoms with Crippen molar-refractivity contribution in [3.8, 4) is 11.1 Å². The third-order valence-corrected chi connectivity index (χ3v) is 3.97. The van der Waals surface area contributed by atoms with Crippen LogP contribution < -0.4 is 0 Å². The fourth-order valence-corrected chi connectivity index (χ4v) is 3.08. The molecule has 4 rings (SSSR count). The van der Waals surface area contributed by atoms with Gasteiger partial charge in [0.15, 0.2) is 0 Å². The van der Waals surface area contributed by atoms with Gasteiger partial charge in [0.25, 0.3) is 0 Å². The van der Waals surface area contributed by atoms with E-state index in [1.54, 1.807) is 0 Å². The quantitative estimate of drug-likeness (QED) is 0.267. The van der Waals surface area contributed by atoms with Gasteiger partial charge < -0.3 is 0 Å². The molecule has 0 heterocycles. The zero-order valence-electron chi connectivity index (χ0n) is 11.9. The van der Waals surface area contributed by atoms with Gasteiger partial charge in [-0.15, -0.1) is 34.5 Å². The molecule has 0 saturated carbocycles. The van der Waals surface area contributed by atoms with Crippen LogP contribution in [0.5, 0.6) is 0 Å². The van der Waals surface area contributed by atoms with E-state index in [4.69, 9.17) is 0 Å². The van der Waals surface area contributed by atoms with Gasteiger partial charge >= 0.3 is 0 Å². The maximum absolute atomic E-state index is 2.28. The van der Waals surface area contributed by atoms with E-state index in [2.05, 4.69) is 79.7 Å². The van der Waals surface area contributed by atoms with Crippen LogP contribution in [0.4, 0.5) is 0 Å².